The molecule has 1 N–H and O–H groups in total. The van der Waals surface area contributed by atoms with E-state index in [-0.39, 0.29) is 29.5 Å². The molecule has 7 heteroatoms. The lowest BCUT2D eigenvalue weighted by atomic mass is 10.1. The fraction of sp³-hybridized carbons (Fsp3) is 0.588. The van der Waals surface area contributed by atoms with Gasteiger partial charge in [-0.15, -0.1) is 0 Å². The molecule has 0 saturated carbocycles. The zero-order valence-corrected chi connectivity index (χ0v) is 14.9. The van der Waals surface area contributed by atoms with Crippen LogP contribution in [0.5, 0.6) is 11.5 Å². The summed E-state index contributed by atoms with van der Waals surface area (Å²) >= 11 is 0. The zero-order chi connectivity index (χ0) is 18.3. The van der Waals surface area contributed by atoms with E-state index in [1.165, 1.54) is 13.2 Å². The van der Waals surface area contributed by atoms with Gasteiger partial charge in [0.05, 0.1) is 13.7 Å². The van der Waals surface area contributed by atoms with Crippen LogP contribution in [0.3, 0.4) is 0 Å². The van der Waals surface area contributed by atoms with Crippen LogP contribution in [0.2, 0.25) is 0 Å². The summed E-state index contributed by atoms with van der Waals surface area (Å²) < 4.78 is 34.2. The largest absolute Gasteiger partial charge is 0.493 e. The standard InChI is InChI=1S/C17H26F2N2O3/c1-6-21(11-15(22)20-17(2,3)4)10-12-7-8-13(24-16(18)19)14(9-12)23-5/h7-9,16H,6,10-11H2,1-5H3,(H,20,22). The number of carbonyl (C=O) groups excluding carboxylic acids is 1. The van der Waals surface area contributed by atoms with Crippen LogP contribution in [-0.4, -0.2) is 43.2 Å². The van der Waals surface area contributed by atoms with Crippen LogP contribution in [0.25, 0.3) is 0 Å². The first-order chi connectivity index (χ1) is 11.1. The molecule has 1 rings (SSSR count). The number of hydrogen-bond donors (Lipinski definition) is 1. The lowest BCUT2D eigenvalue weighted by molar-refractivity contribution is -0.123. The number of alkyl halides is 2. The van der Waals surface area contributed by atoms with Crippen molar-refractivity contribution >= 4 is 5.91 Å². The van der Waals surface area contributed by atoms with Crippen molar-refractivity contribution in [1.82, 2.24) is 10.2 Å². The molecule has 0 bridgehead atoms. The lowest BCUT2D eigenvalue weighted by Gasteiger charge is -2.25. The van der Waals surface area contributed by atoms with E-state index in [1.807, 2.05) is 32.6 Å². The van der Waals surface area contributed by atoms with E-state index in [0.717, 1.165) is 5.56 Å². The highest BCUT2D eigenvalue weighted by Crippen LogP contribution is 2.29. The molecule has 1 aromatic carbocycles. The highest BCUT2D eigenvalue weighted by atomic mass is 19.3. The fourth-order valence-corrected chi connectivity index (χ4v) is 2.20. The number of halogens is 2. The third kappa shape index (κ3) is 7.12. The van der Waals surface area contributed by atoms with Gasteiger partial charge in [0.25, 0.3) is 0 Å². The molecule has 136 valence electrons. The lowest BCUT2D eigenvalue weighted by Crippen LogP contribution is -2.45. The van der Waals surface area contributed by atoms with Gasteiger partial charge in [-0.05, 0) is 45.0 Å². The minimum atomic E-state index is -2.90. The molecule has 0 saturated heterocycles. The molecule has 0 aliphatic rings. The first kappa shape index (κ1) is 20.2. The summed E-state index contributed by atoms with van der Waals surface area (Å²) in [6.45, 7) is 6.25. The minimum absolute atomic E-state index is 0.00947. The highest BCUT2D eigenvalue weighted by molar-refractivity contribution is 5.78. The van der Waals surface area contributed by atoms with E-state index in [4.69, 9.17) is 4.74 Å². The maximum atomic E-state index is 12.4. The van der Waals surface area contributed by atoms with Gasteiger partial charge in [-0.25, -0.2) is 0 Å². The van der Waals surface area contributed by atoms with Gasteiger partial charge in [0.15, 0.2) is 11.5 Å². The second kappa shape index (κ2) is 8.82. The number of likely N-dealkylation sites (N-methyl/N-ethyl adjacent to an activating group) is 1. The molecule has 24 heavy (non-hydrogen) atoms. The van der Waals surface area contributed by atoms with Gasteiger partial charge in [-0.2, -0.15) is 8.78 Å². The Hall–Kier alpha value is -1.89. The number of methoxy groups -OCH3 is 1. The summed E-state index contributed by atoms with van der Waals surface area (Å²) in [5, 5.41) is 2.91. The molecule has 0 spiro atoms. The van der Waals surface area contributed by atoms with Crippen molar-refractivity contribution < 1.29 is 23.0 Å². The Kier molecular flexibility index (Phi) is 7.41. The van der Waals surface area contributed by atoms with Gasteiger partial charge in [-0.3, -0.25) is 9.69 Å². The number of rotatable bonds is 8. The molecule has 0 aliphatic heterocycles. The SMILES string of the molecule is CCN(CC(=O)NC(C)(C)C)Cc1ccc(OC(F)F)c(OC)c1. The quantitative estimate of drug-likeness (QED) is 0.788. The van der Waals surface area contributed by atoms with Crippen molar-refractivity contribution in [2.24, 2.45) is 0 Å². The summed E-state index contributed by atoms with van der Waals surface area (Å²) in [5.41, 5.74) is 0.562. The third-order valence-electron chi connectivity index (χ3n) is 3.18. The van der Waals surface area contributed by atoms with E-state index in [1.54, 1.807) is 12.1 Å². The van der Waals surface area contributed by atoms with Crippen LogP contribution in [-0.2, 0) is 11.3 Å². The third-order valence-corrected chi connectivity index (χ3v) is 3.18. The van der Waals surface area contributed by atoms with E-state index in [2.05, 4.69) is 10.1 Å². The zero-order valence-electron chi connectivity index (χ0n) is 14.9. The summed E-state index contributed by atoms with van der Waals surface area (Å²) in [6, 6.07) is 4.77. The average Bonchev–Trinajstić information content (AvgIpc) is 2.45. The number of hydrogen-bond acceptors (Lipinski definition) is 4. The van der Waals surface area contributed by atoms with Crippen LogP contribution >= 0.6 is 0 Å². The number of nitrogens with zero attached hydrogens (tertiary/aromatic N) is 1. The maximum Gasteiger partial charge on any atom is 0.387 e. The Morgan fingerprint density at radius 2 is 1.96 bits per heavy atom. The topological polar surface area (TPSA) is 50.8 Å². The van der Waals surface area contributed by atoms with Crippen molar-refractivity contribution in [3.05, 3.63) is 23.8 Å². The predicted octanol–water partition coefficient (Wildman–Crippen LogP) is 3.03. The first-order valence-corrected chi connectivity index (χ1v) is 7.79. The Balaban J connectivity index is 2.76. The summed E-state index contributed by atoms with van der Waals surface area (Å²) in [5.74, 6) is 0.168. The first-order valence-electron chi connectivity index (χ1n) is 7.79. The molecular weight excluding hydrogens is 318 g/mol. The molecule has 0 aromatic heterocycles. The molecule has 1 amide bonds. The summed E-state index contributed by atoms with van der Waals surface area (Å²) in [7, 11) is 1.39. The molecular formula is C17H26F2N2O3. The van der Waals surface area contributed by atoms with Gasteiger partial charge in [0.1, 0.15) is 0 Å². The van der Waals surface area contributed by atoms with Crippen LogP contribution in [0, 0.1) is 0 Å². The van der Waals surface area contributed by atoms with Crippen molar-refractivity contribution in [2.75, 3.05) is 20.2 Å². The van der Waals surface area contributed by atoms with Crippen molar-refractivity contribution in [3.8, 4) is 11.5 Å². The van der Waals surface area contributed by atoms with Crippen LogP contribution < -0.4 is 14.8 Å². The summed E-state index contributed by atoms with van der Waals surface area (Å²) in [4.78, 5) is 14.0. The Labute approximate surface area is 141 Å². The van der Waals surface area contributed by atoms with Crippen LogP contribution in [0.15, 0.2) is 18.2 Å². The normalized spacial score (nSPS) is 11.7. The van der Waals surface area contributed by atoms with E-state index < -0.39 is 6.61 Å². The second-order valence-electron chi connectivity index (χ2n) is 6.47. The monoisotopic (exact) mass is 344 g/mol. The average molecular weight is 344 g/mol. The van der Waals surface area contributed by atoms with E-state index in [0.29, 0.717) is 13.1 Å². The minimum Gasteiger partial charge on any atom is -0.493 e. The van der Waals surface area contributed by atoms with E-state index >= 15 is 0 Å². The molecule has 0 heterocycles. The Bertz CT molecular complexity index is 545. The maximum absolute atomic E-state index is 12.4. The molecule has 0 aliphatic carbocycles. The van der Waals surface area contributed by atoms with Crippen molar-refractivity contribution in [2.45, 2.75) is 46.4 Å². The number of amides is 1. The number of ether oxygens (including phenoxy) is 2. The molecule has 0 fully saturated rings. The van der Waals surface area contributed by atoms with Crippen molar-refractivity contribution in [1.29, 1.82) is 0 Å². The molecule has 0 unspecified atom stereocenters. The molecule has 1 aromatic rings. The van der Waals surface area contributed by atoms with Gasteiger partial charge < -0.3 is 14.8 Å². The van der Waals surface area contributed by atoms with Gasteiger partial charge in [0, 0.05) is 12.1 Å². The number of carbonyl (C=O) groups is 1. The van der Waals surface area contributed by atoms with Crippen LogP contribution in [0.1, 0.15) is 33.3 Å². The van der Waals surface area contributed by atoms with Crippen LogP contribution in [0.4, 0.5) is 8.78 Å². The Morgan fingerprint density at radius 3 is 2.46 bits per heavy atom. The van der Waals surface area contributed by atoms with Gasteiger partial charge in [0.2, 0.25) is 5.91 Å². The fourth-order valence-electron chi connectivity index (χ4n) is 2.20. The number of benzene rings is 1. The van der Waals surface area contributed by atoms with Crippen molar-refractivity contribution in [3.63, 3.8) is 0 Å². The highest BCUT2D eigenvalue weighted by Gasteiger charge is 2.17. The molecule has 0 radical (unpaired) electrons. The molecule has 0 atom stereocenters. The Morgan fingerprint density at radius 1 is 1.29 bits per heavy atom. The molecule has 5 nitrogen and oxygen atoms in total. The predicted molar refractivity (Wildman–Crippen MR) is 88.5 cm³/mol. The smallest absolute Gasteiger partial charge is 0.387 e. The van der Waals surface area contributed by atoms with Gasteiger partial charge >= 0.3 is 6.61 Å². The van der Waals surface area contributed by atoms with E-state index in [9.17, 15) is 13.6 Å². The summed E-state index contributed by atoms with van der Waals surface area (Å²) in [6.07, 6.45) is 0. The second-order valence-corrected chi connectivity index (χ2v) is 6.47. The van der Waals surface area contributed by atoms with Gasteiger partial charge in [-0.1, -0.05) is 13.0 Å². The number of nitrogens with one attached hydrogen (secondary N) is 1.